The van der Waals surface area contributed by atoms with Gasteiger partial charge in [0.1, 0.15) is 10.0 Å². The van der Waals surface area contributed by atoms with Crippen molar-refractivity contribution < 1.29 is 0 Å². The fraction of sp³-hybridized carbons (Fsp3) is 0. The van der Waals surface area contributed by atoms with Crippen LogP contribution in [0.15, 0.2) is 14.4 Å². The van der Waals surface area contributed by atoms with Gasteiger partial charge in [-0.3, -0.25) is 14.4 Å². The second-order valence-corrected chi connectivity index (χ2v) is 2.37. The van der Waals surface area contributed by atoms with E-state index in [1.807, 2.05) is 0 Å². The van der Waals surface area contributed by atoms with Crippen LogP contribution in [0.3, 0.4) is 0 Å². The van der Waals surface area contributed by atoms with Crippen LogP contribution < -0.4 is 16.3 Å². The van der Waals surface area contributed by atoms with E-state index in [2.05, 4.69) is 0 Å². The van der Waals surface area contributed by atoms with E-state index < -0.39 is 26.3 Å². The van der Waals surface area contributed by atoms with Crippen molar-refractivity contribution in [1.29, 1.82) is 0 Å². The highest BCUT2D eigenvalue weighted by molar-refractivity contribution is 6.42. The maximum absolute atomic E-state index is 10.5. The number of hydrogen-bond donors (Lipinski definition) is 0. The second kappa shape index (κ2) is 2.18. The van der Waals surface area contributed by atoms with E-state index in [1.54, 1.807) is 0 Å². The lowest BCUT2D eigenvalue weighted by atomic mass is 10.6. The van der Waals surface area contributed by atoms with Crippen LogP contribution in [0.5, 0.6) is 0 Å². The molecule has 0 heterocycles. The Morgan fingerprint density at radius 1 is 0.700 bits per heavy atom. The standard InChI is InChI=1S/C5Cl2O3/c6-1-2(7)4(9)5(10)3(1)8. The molecule has 0 aliphatic rings. The summed E-state index contributed by atoms with van der Waals surface area (Å²) in [5, 5.41) is -0.951. The molecule has 52 valence electrons. The van der Waals surface area contributed by atoms with Gasteiger partial charge in [-0.1, -0.05) is 23.2 Å². The highest BCUT2D eigenvalue weighted by Crippen LogP contribution is 2.09. The molecule has 0 aliphatic heterocycles. The molecule has 1 aromatic rings. The largest absolute Gasteiger partial charge is 0.284 e. The van der Waals surface area contributed by atoms with Crippen LogP contribution in [0.1, 0.15) is 0 Å². The van der Waals surface area contributed by atoms with E-state index in [0.29, 0.717) is 0 Å². The van der Waals surface area contributed by atoms with Gasteiger partial charge in [-0.05, 0) is 0 Å². The van der Waals surface area contributed by atoms with Crippen LogP contribution >= 0.6 is 23.2 Å². The molecule has 0 aliphatic carbocycles. The van der Waals surface area contributed by atoms with Gasteiger partial charge in [0, 0.05) is 0 Å². The predicted octanol–water partition coefficient (Wildman–Crippen LogP) is -0.0504. The molecule has 0 radical (unpaired) electrons. The first kappa shape index (κ1) is 7.44. The SMILES string of the molecule is O=c1c(Cl)c(Cl)c(=O)c1=O. The van der Waals surface area contributed by atoms with Gasteiger partial charge in [-0.15, -0.1) is 0 Å². The summed E-state index contributed by atoms with van der Waals surface area (Å²) in [7, 11) is 0. The first-order valence-electron chi connectivity index (χ1n) is 2.24. The second-order valence-electron chi connectivity index (χ2n) is 1.62. The molecule has 0 amide bonds. The fourth-order valence-corrected chi connectivity index (χ4v) is 0.845. The molecule has 0 spiro atoms. The molecule has 0 saturated heterocycles. The molecule has 3 nitrogen and oxygen atoms in total. The summed E-state index contributed by atoms with van der Waals surface area (Å²) in [5.41, 5.74) is -3.19. The average Bonchev–Trinajstić information content (AvgIpc) is 2.07. The van der Waals surface area contributed by atoms with E-state index in [-0.39, 0.29) is 0 Å². The van der Waals surface area contributed by atoms with Gasteiger partial charge in [-0.25, -0.2) is 0 Å². The summed E-state index contributed by atoms with van der Waals surface area (Å²) < 4.78 is 0. The van der Waals surface area contributed by atoms with E-state index in [1.165, 1.54) is 0 Å². The summed E-state index contributed by atoms with van der Waals surface area (Å²) in [5.74, 6) is 0. The number of rotatable bonds is 0. The molecule has 0 N–H and O–H groups in total. The van der Waals surface area contributed by atoms with Crippen molar-refractivity contribution in [2.75, 3.05) is 0 Å². The van der Waals surface area contributed by atoms with Gasteiger partial charge in [0.25, 0.3) is 5.43 Å². The maximum atomic E-state index is 10.5. The molecule has 0 unspecified atom stereocenters. The summed E-state index contributed by atoms with van der Waals surface area (Å²) in [4.78, 5) is 31.4. The van der Waals surface area contributed by atoms with Crippen molar-refractivity contribution in [3.63, 3.8) is 0 Å². The van der Waals surface area contributed by atoms with E-state index in [0.717, 1.165) is 0 Å². The molecule has 0 atom stereocenters. The summed E-state index contributed by atoms with van der Waals surface area (Å²) >= 11 is 10.3. The molecule has 0 saturated carbocycles. The van der Waals surface area contributed by atoms with Gasteiger partial charge >= 0.3 is 0 Å². The topological polar surface area (TPSA) is 51.2 Å². The molecule has 5 heteroatoms. The minimum Gasteiger partial charge on any atom is -0.284 e. The fourth-order valence-electron chi connectivity index (χ4n) is 0.502. The molecule has 1 rings (SSSR count). The van der Waals surface area contributed by atoms with Gasteiger partial charge in [-0.2, -0.15) is 0 Å². The number of halogens is 2. The monoisotopic (exact) mass is 178 g/mol. The zero-order valence-corrected chi connectivity index (χ0v) is 5.99. The highest BCUT2D eigenvalue weighted by atomic mass is 35.5. The van der Waals surface area contributed by atoms with Gasteiger partial charge in [0.05, 0.1) is 0 Å². The van der Waals surface area contributed by atoms with Crippen molar-refractivity contribution in [3.05, 3.63) is 40.7 Å². The van der Waals surface area contributed by atoms with Crippen LogP contribution in [-0.2, 0) is 0 Å². The summed E-state index contributed by atoms with van der Waals surface area (Å²) in [6.07, 6.45) is 0. The van der Waals surface area contributed by atoms with Gasteiger partial charge in [0.2, 0.25) is 10.9 Å². The molecule has 1 aromatic carbocycles. The Kier molecular flexibility index (Phi) is 1.62. The smallest absolute Gasteiger partial charge is 0.275 e. The van der Waals surface area contributed by atoms with Gasteiger partial charge in [0.15, 0.2) is 0 Å². The van der Waals surface area contributed by atoms with E-state index in [4.69, 9.17) is 23.2 Å². The van der Waals surface area contributed by atoms with Crippen LogP contribution in [0.2, 0.25) is 10.0 Å². The van der Waals surface area contributed by atoms with Crippen LogP contribution in [-0.4, -0.2) is 0 Å². The zero-order chi connectivity index (χ0) is 7.89. The Balaban J connectivity index is 3.97. The third-order valence-corrected chi connectivity index (χ3v) is 1.82. The Morgan fingerprint density at radius 3 is 1.10 bits per heavy atom. The minimum absolute atomic E-state index is 0.475. The minimum atomic E-state index is -1.16. The van der Waals surface area contributed by atoms with Crippen LogP contribution in [0, 0.1) is 0 Å². The van der Waals surface area contributed by atoms with Crippen LogP contribution in [0.25, 0.3) is 0 Å². The van der Waals surface area contributed by atoms with Gasteiger partial charge < -0.3 is 0 Å². The van der Waals surface area contributed by atoms with Crippen molar-refractivity contribution in [2.45, 2.75) is 0 Å². The van der Waals surface area contributed by atoms with Crippen LogP contribution in [0.4, 0.5) is 0 Å². The zero-order valence-electron chi connectivity index (χ0n) is 4.48. The lowest BCUT2D eigenvalue weighted by molar-refractivity contribution is 1.53. The van der Waals surface area contributed by atoms with Crippen molar-refractivity contribution in [2.24, 2.45) is 0 Å². The van der Waals surface area contributed by atoms with Crippen molar-refractivity contribution in [1.82, 2.24) is 0 Å². The normalized spacial score (nSPS) is 10.2. The Bertz CT molecular complexity index is 363. The third kappa shape index (κ3) is 0.786. The molecular weight excluding hydrogens is 179 g/mol. The quantitative estimate of drug-likeness (QED) is 0.524. The summed E-state index contributed by atoms with van der Waals surface area (Å²) in [6.45, 7) is 0. The average molecular weight is 179 g/mol. The summed E-state index contributed by atoms with van der Waals surface area (Å²) in [6, 6.07) is 0. The van der Waals surface area contributed by atoms with Crippen molar-refractivity contribution >= 4 is 23.2 Å². The first-order chi connectivity index (χ1) is 4.55. The van der Waals surface area contributed by atoms with E-state index in [9.17, 15) is 14.4 Å². The maximum Gasteiger partial charge on any atom is 0.275 e. The predicted molar refractivity (Wildman–Crippen MR) is 37.6 cm³/mol. The Hall–Kier alpha value is -0.670. The van der Waals surface area contributed by atoms with E-state index >= 15 is 0 Å². The first-order valence-corrected chi connectivity index (χ1v) is 3.00. The lowest BCUT2D eigenvalue weighted by Crippen LogP contribution is -2.29. The van der Waals surface area contributed by atoms with Crippen molar-refractivity contribution in [3.8, 4) is 0 Å². The Labute approximate surface area is 64.5 Å². The molecule has 0 aromatic heterocycles. The molecule has 0 fully saturated rings. The lowest BCUT2D eigenvalue weighted by Gasteiger charge is -1.72. The molecule has 10 heavy (non-hydrogen) atoms. The number of hydrogen-bond acceptors (Lipinski definition) is 3. The third-order valence-electron chi connectivity index (χ3n) is 1.00. The molecule has 0 bridgehead atoms. The molecular formula is C5Cl2O3. The Morgan fingerprint density at radius 2 is 1.00 bits per heavy atom. The highest BCUT2D eigenvalue weighted by Gasteiger charge is 2.14.